The van der Waals surface area contributed by atoms with E-state index in [1.807, 2.05) is 24.3 Å². The van der Waals surface area contributed by atoms with E-state index in [2.05, 4.69) is 27.9 Å². The van der Waals surface area contributed by atoms with E-state index in [0.29, 0.717) is 6.42 Å². The predicted octanol–water partition coefficient (Wildman–Crippen LogP) is 3.75. The molecular formula is C15H20BrNO. The molecule has 98 valence electrons. The Kier molecular flexibility index (Phi) is 4.95. The van der Waals surface area contributed by atoms with Crippen molar-refractivity contribution in [2.45, 2.75) is 25.7 Å². The van der Waals surface area contributed by atoms with Gasteiger partial charge >= 0.3 is 0 Å². The van der Waals surface area contributed by atoms with E-state index in [0.717, 1.165) is 29.0 Å². The van der Waals surface area contributed by atoms with Crippen molar-refractivity contribution in [3.8, 4) is 0 Å². The Bertz CT molecular complexity index is 415. The molecule has 0 bridgehead atoms. The number of hydrogen-bond donors (Lipinski definition) is 0. The summed E-state index contributed by atoms with van der Waals surface area (Å²) in [5.41, 5.74) is 0.807. The minimum absolute atomic E-state index is 0.233. The van der Waals surface area contributed by atoms with Crippen LogP contribution < -0.4 is 0 Å². The van der Waals surface area contributed by atoms with Gasteiger partial charge in [0.1, 0.15) is 0 Å². The Hall–Kier alpha value is -0.670. The standard InChI is InChI=1S/C15H20BrNO/c1-17(11-12-4-2-5-12)9-8-15(18)13-6-3-7-14(16)10-13/h3,6-7,10,12H,2,4-5,8-9,11H2,1H3. The van der Waals surface area contributed by atoms with Gasteiger partial charge in [-0.05, 0) is 37.9 Å². The lowest BCUT2D eigenvalue weighted by atomic mass is 9.85. The third-order valence-electron chi connectivity index (χ3n) is 3.66. The minimum atomic E-state index is 0.233. The number of rotatable bonds is 6. The second-order valence-electron chi connectivity index (χ2n) is 5.24. The molecule has 0 amide bonds. The number of halogens is 1. The molecule has 2 nitrogen and oxygen atoms in total. The quantitative estimate of drug-likeness (QED) is 0.746. The number of hydrogen-bond acceptors (Lipinski definition) is 2. The maximum absolute atomic E-state index is 12.0. The Labute approximate surface area is 117 Å². The van der Waals surface area contributed by atoms with Crippen molar-refractivity contribution in [2.75, 3.05) is 20.1 Å². The zero-order valence-electron chi connectivity index (χ0n) is 10.9. The van der Waals surface area contributed by atoms with Crippen LogP contribution in [0.4, 0.5) is 0 Å². The van der Waals surface area contributed by atoms with E-state index in [1.54, 1.807) is 0 Å². The highest BCUT2D eigenvalue weighted by Crippen LogP contribution is 2.26. The van der Waals surface area contributed by atoms with Crippen LogP contribution in [0.2, 0.25) is 0 Å². The summed E-state index contributed by atoms with van der Waals surface area (Å²) in [6.45, 7) is 2.01. The number of Topliss-reactive ketones (excluding diaryl/α,β-unsaturated/α-hetero) is 1. The zero-order chi connectivity index (χ0) is 13.0. The van der Waals surface area contributed by atoms with E-state index >= 15 is 0 Å². The summed E-state index contributed by atoms with van der Waals surface area (Å²) in [5, 5.41) is 0. The molecule has 0 heterocycles. The second kappa shape index (κ2) is 6.48. The Morgan fingerprint density at radius 3 is 2.83 bits per heavy atom. The first-order valence-corrected chi connectivity index (χ1v) is 7.42. The van der Waals surface area contributed by atoms with Crippen LogP contribution in [-0.4, -0.2) is 30.8 Å². The first-order valence-electron chi connectivity index (χ1n) is 6.62. The molecule has 1 aliphatic rings. The lowest BCUT2D eigenvalue weighted by Gasteiger charge is -2.29. The van der Waals surface area contributed by atoms with Gasteiger partial charge in [0.2, 0.25) is 0 Å². The number of nitrogens with zero attached hydrogens (tertiary/aromatic N) is 1. The minimum Gasteiger partial charge on any atom is -0.306 e. The molecule has 0 unspecified atom stereocenters. The van der Waals surface area contributed by atoms with Gasteiger partial charge in [0.15, 0.2) is 5.78 Å². The van der Waals surface area contributed by atoms with Crippen LogP contribution in [0.3, 0.4) is 0 Å². The summed E-state index contributed by atoms with van der Waals surface area (Å²) in [6.07, 6.45) is 4.73. The van der Waals surface area contributed by atoms with E-state index in [9.17, 15) is 4.79 Å². The Balaban J connectivity index is 1.76. The van der Waals surface area contributed by atoms with Crippen molar-refractivity contribution in [1.29, 1.82) is 0 Å². The third kappa shape index (κ3) is 3.92. The molecule has 1 aliphatic carbocycles. The highest BCUT2D eigenvalue weighted by atomic mass is 79.9. The van der Waals surface area contributed by atoms with Crippen LogP contribution in [-0.2, 0) is 0 Å². The van der Waals surface area contributed by atoms with Crippen molar-refractivity contribution in [3.63, 3.8) is 0 Å². The monoisotopic (exact) mass is 309 g/mol. The molecule has 0 radical (unpaired) electrons. The van der Waals surface area contributed by atoms with Crippen molar-refractivity contribution in [1.82, 2.24) is 4.90 Å². The molecule has 0 spiro atoms. The maximum atomic E-state index is 12.0. The topological polar surface area (TPSA) is 20.3 Å². The molecule has 0 aliphatic heterocycles. The fraction of sp³-hybridized carbons (Fsp3) is 0.533. The van der Waals surface area contributed by atoms with Gasteiger partial charge in [0.25, 0.3) is 0 Å². The summed E-state index contributed by atoms with van der Waals surface area (Å²) in [4.78, 5) is 14.3. The van der Waals surface area contributed by atoms with Gasteiger partial charge < -0.3 is 4.90 Å². The maximum Gasteiger partial charge on any atom is 0.164 e. The van der Waals surface area contributed by atoms with Crippen LogP contribution in [0.15, 0.2) is 28.7 Å². The first-order chi connectivity index (χ1) is 8.65. The van der Waals surface area contributed by atoms with E-state index in [1.165, 1.54) is 19.3 Å². The summed E-state index contributed by atoms with van der Waals surface area (Å²) in [6, 6.07) is 7.64. The average Bonchev–Trinajstić information content (AvgIpc) is 2.31. The Morgan fingerprint density at radius 1 is 1.44 bits per heavy atom. The zero-order valence-corrected chi connectivity index (χ0v) is 12.4. The molecule has 2 rings (SSSR count). The molecule has 1 fully saturated rings. The fourth-order valence-electron chi connectivity index (χ4n) is 2.31. The molecule has 0 saturated heterocycles. The number of carbonyl (C=O) groups is 1. The molecule has 1 aromatic rings. The van der Waals surface area contributed by atoms with Crippen LogP contribution >= 0.6 is 15.9 Å². The fourth-order valence-corrected chi connectivity index (χ4v) is 2.71. The van der Waals surface area contributed by atoms with Crippen molar-refractivity contribution in [3.05, 3.63) is 34.3 Å². The van der Waals surface area contributed by atoms with Crippen LogP contribution in [0.1, 0.15) is 36.0 Å². The van der Waals surface area contributed by atoms with Crippen molar-refractivity contribution < 1.29 is 4.79 Å². The molecule has 18 heavy (non-hydrogen) atoms. The number of carbonyl (C=O) groups excluding carboxylic acids is 1. The van der Waals surface area contributed by atoms with E-state index in [4.69, 9.17) is 0 Å². The Morgan fingerprint density at radius 2 is 2.22 bits per heavy atom. The summed E-state index contributed by atoms with van der Waals surface area (Å²) < 4.78 is 0.969. The highest BCUT2D eigenvalue weighted by molar-refractivity contribution is 9.10. The highest BCUT2D eigenvalue weighted by Gasteiger charge is 2.19. The van der Waals surface area contributed by atoms with Crippen LogP contribution in [0.5, 0.6) is 0 Å². The molecule has 0 atom stereocenters. The second-order valence-corrected chi connectivity index (χ2v) is 6.16. The SMILES string of the molecule is CN(CCC(=O)c1cccc(Br)c1)CC1CCC1. The normalized spacial score (nSPS) is 15.7. The summed E-state index contributed by atoms with van der Waals surface area (Å²) >= 11 is 3.40. The van der Waals surface area contributed by atoms with Gasteiger partial charge in [-0.1, -0.05) is 34.5 Å². The van der Waals surface area contributed by atoms with Gasteiger partial charge in [-0.2, -0.15) is 0 Å². The van der Waals surface area contributed by atoms with Gasteiger partial charge in [0, 0.05) is 29.5 Å². The summed E-state index contributed by atoms with van der Waals surface area (Å²) in [7, 11) is 2.12. The van der Waals surface area contributed by atoms with Gasteiger partial charge in [-0.15, -0.1) is 0 Å². The van der Waals surface area contributed by atoms with Crippen LogP contribution in [0.25, 0.3) is 0 Å². The summed E-state index contributed by atoms with van der Waals surface area (Å²) in [5.74, 6) is 1.10. The van der Waals surface area contributed by atoms with E-state index in [-0.39, 0.29) is 5.78 Å². The van der Waals surface area contributed by atoms with E-state index < -0.39 is 0 Å². The lowest BCUT2D eigenvalue weighted by molar-refractivity contribution is 0.0961. The largest absolute Gasteiger partial charge is 0.306 e. The smallest absolute Gasteiger partial charge is 0.164 e. The first kappa shape index (κ1) is 13.8. The van der Waals surface area contributed by atoms with Gasteiger partial charge in [-0.3, -0.25) is 4.79 Å². The molecular weight excluding hydrogens is 290 g/mol. The van der Waals surface area contributed by atoms with Crippen LogP contribution in [0, 0.1) is 5.92 Å². The van der Waals surface area contributed by atoms with Gasteiger partial charge in [-0.25, -0.2) is 0 Å². The number of benzene rings is 1. The van der Waals surface area contributed by atoms with Crippen molar-refractivity contribution in [2.24, 2.45) is 5.92 Å². The van der Waals surface area contributed by atoms with Gasteiger partial charge in [0.05, 0.1) is 0 Å². The average molecular weight is 310 g/mol. The predicted molar refractivity (Wildman–Crippen MR) is 77.9 cm³/mol. The molecule has 1 saturated carbocycles. The molecule has 0 N–H and O–H groups in total. The lowest BCUT2D eigenvalue weighted by Crippen LogP contribution is -2.31. The third-order valence-corrected chi connectivity index (χ3v) is 4.16. The number of ketones is 1. The molecule has 1 aromatic carbocycles. The molecule has 0 aromatic heterocycles. The van der Waals surface area contributed by atoms with Crippen molar-refractivity contribution >= 4 is 21.7 Å². The molecule has 3 heteroatoms.